The van der Waals surface area contributed by atoms with Gasteiger partial charge in [-0.1, -0.05) is 146 Å². The van der Waals surface area contributed by atoms with Crippen LogP contribution in [-0.2, 0) is 97.9 Å². The minimum atomic E-state index is -5.84. The Balaban J connectivity index is 0.000000188. The molecule has 573 valence electrons. The zero-order valence-corrected chi connectivity index (χ0v) is 64.5. The van der Waals surface area contributed by atoms with Crippen LogP contribution in [0, 0.1) is 22.7 Å². The van der Waals surface area contributed by atoms with Crippen LogP contribution in [-0.4, -0.2) is 111 Å². The van der Waals surface area contributed by atoms with Gasteiger partial charge >= 0.3 is 46.9 Å². The number of hydrogen-bond donors (Lipinski definition) is 3. The van der Waals surface area contributed by atoms with Crippen molar-refractivity contribution in [3.05, 3.63) is 202 Å². The van der Waals surface area contributed by atoms with Crippen LogP contribution in [0.25, 0.3) is 0 Å². The Bertz CT molecular complexity index is 4770. The standard InChI is InChI=1S/2C35H37N3O2S.3CHF3O3S.Sc/c2*1-24(2)22-25-12-10-21-35(32(23-36)37(3)30-18-9-15-27(25)33(30)35)34-20-11-19-31(34)38(29-17-8-7-16-28(29)34)41(39,40)26-13-5-4-6-14-26;3*2-1(3,4)8(5,6)7;/h2*4-9,13-18,22,25,31-32H,10-12,19-21H2,1-3H3;3*(H,5,6,7);/t2*25-,31-,32-,34+,35-;;;;/m11..../s1. The van der Waals surface area contributed by atoms with E-state index in [-0.39, 0.29) is 49.8 Å². The molecule has 0 bridgehead atoms. The van der Waals surface area contributed by atoms with Gasteiger partial charge in [-0.3, -0.25) is 22.3 Å². The van der Waals surface area contributed by atoms with Crippen LogP contribution in [0.4, 0.5) is 62.3 Å². The maximum atomic E-state index is 14.5. The van der Waals surface area contributed by atoms with E-state index in [1.54, 1.807) is 57.1 Å². The van der Waals surface area contributed by atoms with Gasteiger partial charge in [0.15, 0.2) is 0 Å². The number of likely N-dealkylation sites (N-methyl/N-ethyl adjacent to an activating group) is 2. The first-order valence-corrected chi connectivity index (χ1v) is 40.8. The predicted molar refractivity (Wildman–Crippen MR) is 380 cm³/mol. The molecule has 107 heavy (non-hydrogen) atoms. The van der Waals surface area contributed by atoms with Gasteiger partial charge in [0, 0.05) is 84.8 Å². The molecule has 3 N–H and O–H groups in total. The molecule has 0 spiro atoms. The normalized spacial score (nSPS) is 25.9. The van der Waals surface area contributed by atoms with Gasteiger partial charge in [0.2, 0.25) is 0 Å². The molecule has 0 aromatic heterocycles. The molecule has 10 atom stereocenters. The molecule has 1 radical (unpaired) electrons. The summed E-state index contributed by atoms with van der Waals surface area (Å²) in [7, 11) is -21.0. The fourth-order valence-corrected chi connectivity index (χ4v) is 22.2. The van der Waals surface area contributed by atoms with Crippen molar-refractivity contribution in [2.75, 3.05) is 32.5 Å². The van der Waals surface area contributed by atoms with Crippen molar-refractivity contribution in [2.24, 2.45) is 0 Å². The van der Waals surface area contributed by atoms with Gasteiger partial charge in [-0.05, 0) is 161 Å². The Morgan fingerprint density at radius 1 is 0.421 bits per heavy atom. The van der Waals surface area contributed by atoms with Crippen molar-refractivity contribution in [1.82, 2.24) is 0 Å². The average Bonchev–Trinajstić information content (AvgIpc) is 1.50. The Morgan fingerprint density at radius 2 is 0.692 bits per heavy atom. The Labute approximate surface area is 635 Å². The van der Waals surface area contributed by atoms with Gasteiger partial charge in [-0.15, -0.1) is 0 Å². The van der Waals surface area contributed by atoms with Crippen molar-refractivity contribution < 1.29 is 121 Å². The monoisotopic (exact) mass is 1620 g/mol. The number of nitriles is 2. The number of benzene rings is 6. The molecule has 4 heterocycles. The molecule has 6 aromatic rings. The molecule has 4 aliphatic heterocycles. The number of hydrogen-bond acceptors (Lipinski definition) is 14. The molecule has 8 aliphatic rings. The van der Waals surface area contributed by atoms with Crippen LogP contribution in [0.15, 0.2) is 179 Å². The Kier molecular flexibility index (Phi) is 23.7. The second-order valence-corrected chi connectivity index (χ2v) is 35.8. The van der Waals surface area contributed by atoms with Gasteiger partial charge in [0.1, 0.15) is 12.1 Å². The number of sulfonamides is 2. The molecule has 19 nitrogen and oxygen atoms in total. The first-order chi connectivity index (χ1) is 49.3. The zero-order valence-electron chi connectivity index (χ0n) is 58.6. The van der Waals surface area contributed by atoms with Crippen LogP contribution in [0.1, 0.15) is 150 Å². The molecule has 4 aliphatic carbocycles. The molecule has 34 heteroatoms. The van der Waals surface area contributed by atoms with Crippen molar-refractivity contribution in [1.29, 1.82) is 10.5 Å². The summed E-state index contributed by atoms with van der Waals surface area (Å²) < 4.78 is 234. The van der Waals surface area contributed by atoms with Gasteiger partial charge in [0.05, 0.1) is 45.4 Å². The number of para-hydroxylation sites is 2. The van der Waals surface area contributed by atoms with E-state index in [1.165, 1.54) is 33.4 Å². The first-order valence-electron chi connectivity index (χ1n) is 33.6. The predicted octanol–water partition coefficient (Wildman–Crippen LogP) is 15.6. The number of halogens is 9. The number of rotatable bonds is 8. The summed E-state index contributed by atoms with van der Waals surface area (Å²) in [6, 6.07) is 51.5. The van der Waals surface area contributed by atoms with Crippen LogP contribution in [0.2, 0.25) is 0 Å². The molecule has 2 saturated carbocycles. The van der Waals surface area contributed by atoms with E-state index >= 15 is 0 Å². The summed E-state index contributed by atoms with van der Waals surface area (Å²) in [5, 5.41) is 22.0. The molecule has 14 rings (SSSR count). The van der Waals surface area contributed by atoms with E-state index in [0.29, 0.717) is 9.79 Å². The van der Waals surface area contributed by atoms with Crippen LogP contribution in [0.3, 0.4) is 0 Å². The third-order valence-corrected chi connectivity index (χ3v) is 27.3. The fraction of sp³-hybridized carbons (Fsp3) is 0.425. The van der Waals surface area contributed by atoms with E-state index in [9.17, 15) is 66.9 Å². The molecule has 2 fully saturated rings. The molecule has 0 amide bonds. The third-order valence-electron chi connectivity index (χ3n) is 21.9. The number of allylic oxidation sites excluding steroid dienone is 4. The van der Waals surface area contributed by atoms with Gasteiger partial charge in [0.25, 0.3) is 20.0 Å². The topological polar surface area (TPSA) is 292 Å². The largest absolute Gasteiger partial charge is 0.522 e. The van der Waals surface area contributed by atoms with E-state index in [1.807, 2.05) is 36.4 Å². The van der Waals surface area contributed by atoms with Crippen molar-refractivity contribution >= 4 is 73.2 Å². The average molecular weight is 1620 g/mol. The maximum absolute atomic E-state index is 14.5. The first kappa shape index (κ1) is 83.9. The van der Waals surface area contributed by atoms with Crippen LogP contribution < -0.4 is 18.4 Å². The SMILES string of the molecule is CC(C)=C[C@H]1CCC[C@]2([C@]34CCC[C@H]3N(S(=O)(=O)c3ccccc3)c3ccccc34)c3c1cccc3N(C)[C@@H]2C#N.CC(C)=C[C@H]1CCC[C@]2([C@]34CCC[C@H]3N(S(=O)(=O)c3ccccc3)c3ccccc34)c3c1cccc3N(C)[C@@H]2C#N.O=S(=O)(O)C(F)(F)F.O=S(=O)(O)C(F)(F)F.O=S(=O)(O)C(F)(F)F.[Sc]. The van der Waals surface area contributed by atoms with Crippen LogP contribution >= 0.6 is 0 Å². The van der Waals surface area contributed by atoms with Gasteiger partial charge in [-0.25, -0.2) is 16.8 Å². The molecular weight excluding hydrogens is 1550 g/mol. The van der Waals surface area contributed by atoms with Crippen molar-refractivity contribution in [3.8, 4) is 12.1 Å². The maximum Gasteiger partial charge on any atom is 0.522 e. The Morgan fingerprint density at radius 3 is 0.981 bits per heavy atom. The summed E-state index contributed by atoms with van der Waals surface area (Å²) in [6.45, 7) is 8.65. The van der Waals surface area contributed by atoms with Crippen molar-refractivity contribution in [2.45, 2.75) is 189 Å². The van der Waals surface area contributed by atoms with E-state index in [0.717, 1.165) is 111 Å². The molecule has 0 unspecified atom stereocenters. The van der Waals surface area contributed by atoms with Gasteiger partial charge < -0.3 is 9.80 Å². The summed E-state index contributed by atoms with van der Waals surface area (Å²) in [5.74, 6) is 0.555. The minimum absolute atomic E-state index is 0. The second kappa shape index (κ2) is 30.3. The third kappa shape index (κ3) is 14.2. The number of alkyl halides is 9. The zero-order chi connectivity index (χ0) is 78.1. The summed E-state index contributed by atoms with van der Waals surface area (Å²) in [6.07, 6.45) is 15.7. The summed E-state index contributed by atoms with van der Waals surface area (Å²) in [5.41, 5.74) is -4.89. The molecule has 6 aromatic carbocycles. The number of anilines is 4. The number of fused-ring (bicyclic) bond motifs is 8. The van der Waals surface area contributed by atoms with Crippen molar-refractivity contribution in [3.63, 3.8) is 0 Å². The van der Waals surface area contributed by atoms with E-state index < -0.39 is 101 Å². The fourth-order valence-electron chi connectivity index (χ4n) is 18.7. The quantitative estimate of drug-likeness (QED) is 0.0552. The summed E-state index contributed by atoms with van der Waals surface area (Å²) >= 11 is 0. The van der Waals surface area contributed by atoms with E-state index in [4.69, 9.17) is 38.9 Å². The molecular formula is C73H77F9N6O13S5Sc. The van der Waals surface area contributed by atoms with E-state index in [2.05, 4.69) is 137 Å². The second-order valence-electron chi connectivity index (χ2n) is 28.0. The molecule has 0 saturated heterocycles. The van der Waals surface area contributed by atoms with Gasteiger partial charge in [-0.2, -0.15) is 75.3 Å². The smallest absolute Gasteiger partial charge is 0.358 e. The Hall–Kier alpha value is -7.15. The summed E-state index contributed by atoms with van der Waals surface area (Å²) in [4.78, 5) is 5.04. The minimum Gasteiger partial charge on any atom is -0.358 e. The van der Waals surface area contributed by atoms with Crippen LogP contribution in [0.5, 0.6) is 0 Å². The number of nitrogens with zero attached hydrogens (tertiary/aromatic N) is 6.